The third kappa shape index (κ3) is 6.49. The number of hydrogen-bond donors (Lipinski definition) is 3. The third-order valence-electron chi connectivity index (χ3n) is 6.32. The maximum Gasteiger partial charge on any atom is 0.470 e. The van der Waals surface area contributed by atoms with Gasteiger partial charge in [0.2, 0.25) is 0 Å². The highest BCUT2D eigenvalue weighted by atomic mass is 31.2. The lowest BCUT2D eigenvalue weighted by Crippen LogP contribution is -2.40. The van der Waals surface area contributed by atoms with Crippen molar-refractivity contribution < 1.29 is 51.1 Å². The van der Waals surface area contributed by atoms with E-state index in [4.69, 9.17) is 14.0 Å². The number of amides is 1. The average molecular weight is 588 g/mol. The average Bonchev–Trinajstić information content (AvgIpc) is 3.36. The number of aromatic nitrogens is 3. The Morgan fingerprint density at radius 3 is 2.42 bits per heavy atom. The zero-order chi connectivity index (χ0) is 29.6. The molecule has 0 radical (unpaired) electrons. The minimum atomic E-state index is -4.79. The molecule has 1 aromatic carbocycles. The van der Waals surface area contributed by atoms with Gasteiger partial charge in [-0.05, 0) is 39.8 Å². The summed E-state index contributed by atoms with van der Waals surface area (Å²) in [6.07, 6.45) is -0.489. The van der Waals surface area contributed by atoms with Gasteiger partial charge in [0.15, 0.2) is 5.65 Å². The number of rotatable bonds is 11. The number of ether oxygens (including phenoxy) is 3. The van der Waals surface area contributed by atoms with Gasteiger partial charge in [0, 0.05) is 18.1 Å². The minimum absolute atomic E-state index is 0.0885. The van der Waals surface area contributed by atoms with Gasteiger partial charge in [-0.1, -0.05) is 0 Å². The summed E-state index contributed by atoms with van der Waals surface area (Å²) in [4.78, 5) is 35.5. The summed E-state index contributed by atoms with van der Waals surface area (Å²) in [5, 5.41) is 6.89. The first-order chi connectivity index (χ1) is 18.6. The van der Waals surface area contributed by atoms with E-state index in [1.807, 2.05) is 0 Å². The number of nitrogens with one attached hydrogen (secondary N) is 1. The number of carbonyl (C=O) groups is 1. The fraction of sp³-hybridized carbons (Fsp3) is 0.458. The molecule has 0 spiro atoms. The fourth-order valence-electron chi connectivity index (χ4n) is 3.88. The first-order valence-electron chi connectivity index (χ1n) is 12.0. The van der Waals surface area contributed by atoms with Crippen LogP contribution in [-0.2, 0) is 9.09 Å². The van der Waals surface area contributed by atoms with Crippen molar-refractivity contribution in [3.63, 3.8) is 0 Å². The highest BCUT2D eigenvalue weighted by Gasteiger charge is 2.40. The van der Waals surface area contributed by atoms with E-state index in [1.54, 1.807) is 13.8 Å². The van der Waals surface area contributed by atoms with Gasteiger partial charge in [0.05, 0.1) is 25.0 Å². The Morgan fingerprint density at radius 2 is 1.85 bits per heavy atom. The lowest BCUT2D eigenvalue weighted by molar-refractivity contribution is -0.0502. The van der Waals surface area contributed by atoms with Crippen LogP contribution in [0.3, 0.4) is 0 Å². The maximum absolute atomic E-state index is 13.3. The summed E-state index contributed by atoms with van der Waals surface area (Å²) in [7, 11) is -3.54. The SMILES string of the molecule is COc1cc(-c2cnc3cc(O[C@@H](C)C(C)(C)OP(=O)(O)O)c(C)nn23)cc(OC(F)F)c1C(=O)N[C@@H]1C[C@@H]1F. The van der Waals surface area contributed by atoms with Crippen LogP contribution >= 0.6 is 7.82 Å². The zero-order valence-corrected chi connectivity index (χ0v) is 23.0. The molecule has 4 rings (SSSR count). The van der Waals surface area contributed by atoms with Crippen LogP contribution in [0, 0.1) is 6.92 Å². The molecule has 1 aliphatic carbocycles. The summed E-state index contributed by atoms with van der Waals surface area (Å²) < 4.78 is 73.3. The molecule has 0 saturated heterocycles. The summed E-state index contributed by atoms with van der Waals surface area (Å²) >= 11 is 0. The topological polar surface area (TPSA) is 154 Å². The van der Waals surface area contributed by atoms with Crippen molar-refractivity contribution in [2.24, 2.45) is 0 Å². The lowest BCUT2D eigenvalue weighted by atomic mass is 10.0. The van der Waals surface area contributed by atoms with E-state index < -0.39 is 50.0 Å². The van der Waals surface area contributed by atoms with Crippen LogP contribution in [0.1, 0.15) is 43.2 Å². The number of halogens is 3. The molecule has 12 nitrogen and oxygen atoms in total. The molecule has 2 aromatic heterocycles. The van der Waals surface area contributed by atoms with E-state index in [2.05, 4.69) is 20.1 Å². The molecule has 3 N–H and O–H groups in total. The van der Waals surface area contributed by atoms with Gasteiger partial charge in [-0.3, -0.25) is 9.32 Å². The second-order valence-electron chi connectivity index (χ2n) is 9.71. The Labute approximate surface area is 226 Å². The predicted octanol–water partition coefficient (Wildman–Crippen LogP) is 3.81. The molecule has 0 unspecified atom stereocenters. The Morgan fingerprint density at radius 1 is 1.20 bits per heavy atom. The van der Waals surface area contributed by atoms with Crippen molar-refractivity contribution in [1.82, 2.24) is 19.9 Å². The molecule has 0 bridgehead atoms. The number of carbonyl (C=O) groups excluding carboxylic acids is 1. The molecule has 1 amide bonds. The van der Waals surface area contributed by atoms with Crippen LogP contribution in [0.25, 0.3) is 16.9 Å². The summed E-state index contributed by atoms with van der Waals surface area (Å²) in [6, 6.07) is 3.45. The maximum atomic E-state index is 13.3. The van der Waals surface area contributed by atoms with Gasteiger partial charge in [0.1, 0.15) is 46.4 Å². The fourth-order valence-corrected chi connectivity index (χ4v) is 4.64. The van der Waals surface area contributed by atoms with Gasteiger partial charge in [0.25, 0.3) is 5.91 Å². The normalized spacial score (nSPS) is 18.1. The van der Waals surface area contributed by atoms with Crippen LogP contribution in [0.5, 0.6) is 17.2 Å². The van der Waals surface area contributed by atoms with E-state index in [-0.39, 0.29) is 34.7 Å². The zero-order valence-electron chi connectivity index (χ0n) is 22.1. The van der Waals surface area contributed by atoms with Crippen LogP contribution in [0.15, 0.2) is 24.4 Å². The monoisotopic (exact) mass is 588 g/mol. The second-order valence-corrected chi connectivity index (χ2v) is 10.9. The molecule has 2 heterocycles. The number of aryl methyl sites for hydroxylation is 1. The van der Waals surface area contributed by atoms with Crippen molar-refractivity contribution in [2.45, 2.75) is 64.6 Å². The number of benzene rings is 1. The van der Waals surface area contributed by atoms with Crippen LogP contribution in [-0.4, -0.2) is 67.9 Å². The van der Waals surface area contributed by atoms with Crippen LogP contribution in [0.4, 0.5) is 13.2 Å². The predicted molar refractivity (Wildman–Crippen MR) is 134 cm³/mol. The minimum Gasteiger partial charge on any atom is -0.496 e. The number of alkyl halides is 3. The molecule has 3 atom stereocenters. The van der Waals surface area contributed by atoms with Crippen molar-refractivity contribution in [3.05, 3.63) is 35.7 Å². The van der Waals surface area contributed by atoms with Gasteiger partial charge in [-0.2, -0.15) is 13.9 Å². The first-order valence-corrected chi connectivity index (χ1v) is 13.5. The molecule has 218 valence electrons. The molecule has 1 aliphatic rings. The Hall–Kier alpha value is -3.39. The number of hydrogen-bond acceptors (Lipinski definition) is 8. The van der Waals surface area contributed by atoms with Gasteiger partial charge in [-0.25, -0.2) is 18.5 Å². The molecule has 16 heteroatoms. The van der Waals surface area contributed by atoms with Gasteiger partial charge in [-0.15, -0.1) is 0 Å². The van der Waals surface area contributed by atoms with Crippen LogP contribution in [0.2, 0.25) is 0 Å². The van der Waals surface area contributed by atoms with E-state index in [0.29, 0.717) is 11.4 Å². The molecular formula is C24H28F3N4O8P. The van der Waals surface area contributed by atoms with E-state index >= 15 is 0 Å². The lowest BCUT2D eigenvalue weighted by Gasteiger charge is -2.32. The van der Waals surface area contributed by atoms with Crippen molar-refractivity contribution >= 4 is 19.4 Å². The number of phosphoric acid groups is 1. The van der Waals surface area contributed by atoms with E-state index in [0.717, 1.165) is 0 Å². The Balaban J connectivity index is 1.70. The number of phosphoric ester groups is 1. The highest BCUT2D eigenvalue weighted by Crippen LogP contribution is 2.43. The van der Waals surface area contributed by atoms with E-state index in [9.17, 15) is 32.3 Å². The molecule has 1 fully saturated rings. The number of methoxy groups -OCH3 is 1. The first kappa shape index (κ1) is 29.6. The number of nitrogens with zero attached hydrogens (tertiary/aromatic N) is 3. The van der Waals surface area contributed by atoms with Crippen molar-refractivity contribution in [3.8, 4) is 28.5 Å². The molecular weight excluding hydrogens is 560 g/mol. The van der Waals surface area contributed by atoms with Crippen molar-refractivity contribution in [1.29, 1.82) is 0 Å². The highest BCUT2D eigenvalue weighted by molar-refractivity contribution is 7.46. The number of imidazole rings is 1. The largest absolute Gasteiger partial charge is 0.496 e. The van der Waals surface area contributed by atoms with Crippen LogP contribution < -0.4 is 19.5 Å². The summed E-state index contributed by atoms with van der Waals surface area (Å²) in [5.74, 6) is -1.13. The smallest absolute Gasteiger partial charge is 0.470 e. The quantitative estimate of drug-likeness (QED) is 0.282. The molecule has 0 aliphatic heterocycles. The summed E-state index contributed by atoms with van der Waals surface area (Å²) in [5.41, 5.74) is -0.420. The van der Waals surface area contributed by atoms with Gasteiger partial charge >= 0.3 is 14.4 Å². The van der Waals surface area contributed by atoms with Gasteiger partial charge < -0.3 is 29.3 Å². The molecule has 3 aromatic rings. The third-order valence-corrected chi connectivity index (χ3v) is 7.03. The Kier molecular flexibility index (Phi) is 8.05. The molecule has 40 heavy (non-hydrogen) atoms. The van der Waals surface area contributed by atoms with E-state index in [1.165, 1.54) is 49.9 Å². The number of fused-ring (bicyclic) bond motifs is 1. The second kappa shape index (κ2) is 10.9. The molecule has 1 saturated carbocycles. The standard InChI is InChI=1S/C24H28F3N4O8P/c1-11-17(37-12(2)24(3,4)39-40(33,34)35)9-20-28-10-16(31(20)30-11)13-6-18(36-5)21(19(7-13)38-23(26)27)22(32)29-15-8-14(15)25/h6-7,9-10,12,14-15,23H,8H2,1-5H3,(H,29,32)(H2,33,34,35)/t12-,14-,15+/m0/s1. The summed E-state index contributed by atoms with van der Waals surface area (Å²) in [6.45, 7) is 2.86. The van der Waals surface area contributed by atoms with Crippen molar-refractivity contribution in [2.75, 3.05) is 7.11 Å². The Bertz CT molecular complexity index is 1480.